The zero-order valence-corrected chi connectivity index (χ0v) is 12.1. The molecule has 1 aliphatic heterocycles. The molecule has 1 N–H and O–H groups in total. The molecule has 0 spiro atoms. The molecule has 1 heterocycles. The topological polar surface area (TPSA) is 29.5 Å². The van der Waals surface area contributed by atoms with Crippen molar-refractivity contribution in [2.75, 3.05) is 0 Å². The van der Waals surface area contributed by atoms with Crippen LogP contribution in [0.4, 0.5) is 0 Å². The van der Waals surface area contributed by atoms with Gasteiger partial charge in [-0.15, -0.1) is 0 Å². The highest BCUT2D eigenvalue weighted by atomic mass is 35.5. The Bertz CT molecular complexity index is 424. The molecule has 100 valence electrons. The van der Waals surface area contributed by atoms with Gasteiger partial charge in [0.25, 0.3) is 0 Å². The molecule has 0 aromatic heterocycles. The van der Waals surface area contributed by atoms with Gasteiger partial charge >= 0.3 is 0 Å². The number of ether oxygens (including phenoxy) is 1. The third-order valence-electron chi connectivity index (χ3n) is 3.32. The van der Waals surface area contributed by atoms with Crippen molar-refractivity contribution in [2.24, 2.45) is 0 Å². The highest BCUT2D eigenvalue weighted by Crippen LogP contribution is 2.33. The van der Waals surface area contributed by atoms with Crippen LogP contribution < -0.4 is 0 Å². The lowest BCUT2D eigenvalue weighted by atomic mass is 9.82. The average Bonchev–Trinajstić information content (AvgIpc) is 2.21. The van der Waals surface area contributed by atoms with Crippen LogP contribution in [0.5, 0.6) is 0 Å². The Kier molecular flexibility index (Phi) is 4.22. The third-order valence-corrected chi connectivity index (χ3v) is 4.06. The van der Waals surface area contributed by atoms with Crippen molar-refractivity contribution in [3.05, 3.63) is 33.8 Å². The molecule has 1 aliphatic rings. The van der Waals surface area contributed by atoms with Crippen molar-refractivity contribution in [3.63, 3.8) is 0 Å². The van der Waals surface area contributed by atoms with Gasteiger partial charge in [0.2, 0.25) is 0 Å². The summed E-state index contributed by atoms with van der Waals surface area (Å²) >= 11 is 11.9. The van der Waals surface area contributed by atoms with Gasteiger partial charge in [0.05, 0.1) is 27.9 Å². The molecule has 1 aromatic carbocycles. The Hall–Kier alpha value is -0.280. The monoisotopic (exact) mass is 288 g/mol. The molecule has 0 bridgehead atoms. The molecule has 18 heavy (non-hydrogen) atoms. The molecule has 4 heteroatoms. The van der Waals surface area contributed by atoms with Gasteiger partial charge in [0, 0.05) is 19.3 Å². The summed E-state index contributed by atoms with van der Waals surface area (Å²) < 4.78 is 5.65. The largest absolute Gasteiger partial charge is 0.389 e. The van der Waals surface area contributed by atoms with Gasteiger partial charge in [0.15, 0.2) is 0 Å². The van der Waals surface area contributed by atoms with Crippen molar-refractivity contribution in [2.45, 2.75) is 50.9 Å². The molecule has 2 rings (SSSR count). The van der Waals surface area contributed by atoms with Gasteiger partial charge in [-0.05, 0) is 31.5 Å². The number of rotatable bonds is 2. The number of aliphatic hydroxyl groups is 1. The third kappa shape index (κ3) is 3.39. The van der Waals surface area contributed by atoms with Crippen LogP contribution in [0.2, 0.25) is 10.0 Å². The quantitative estimate of drug-likeness (QED) is 0.896. The first-order chi connectivity index (χ1) is 8.38. The second kappa shape index (κ2) is 5.38. The van der Waals surface area contributed by atoms with Crippen LogP contribution in [0.15, 0.2) is 18.2 Å². The lowest BCUT2D eigenvalue weighted by Crippen LogP contribution is -2.44. The second-order valence-electron chi connectivity index (χ2n) is 5.32. The molecule has 0 aliphatic carbocycles. The first-order valence-electron chi connectivity index (χ1n) is 6.20. The van der Waals surface area contributed by atoms with Crippen LogP contribution in [-0.4, -0.2) is 22.9 Å². The highest BCUT2D eigenvalue weighted by Gasteiger charge is 2.36. The Morgan fingerprint density at radius 3 is 2.39 bits per heavy atom. The highest BCUT2D eigenvalue weighted by molar-refractivity contribution is 6.42. The molecule has 2 nitrogen and oxygen atoms in total. The maximum absolute atomic E-state index is 10.7. The number of hydrogen-bond donors (Lipinski definition) is 1. The Morgan fingerprint density at radius 1 is 1.22 bits per heavy atom. The smallest absolute Gasteiger partial charge is 0.0737 e. The SMILES string of the molecule is CC1CC(O)(Cc2ccc(Cl)c(Cl)c2)CC(C)O1. The Balaban J connectivity index is 2.13. The summed E-state index contributed by atoms with van der Waals surface area (Å²) in [5.41, 5.74) is 0.294. The lowest BCUT2D eigenvalue weighted by molar-refractivity contribution is -0.130. The Morgan fingerprint density at radius 2 is 1.83 bits per heavy atom. The predicted octanol–water partition coefficient (Wildman–Crippen LogP) is 3.85. The van der Waals surface area contributed by atoms with Gasteiger partial charge in [0.1, 0.15) is 0 Å². The molecule has 0 radical (unpaired) electrons. The Labute approximate surface area is 118 Å². The fraction of sp³-hybridized carbons (Fsp3) is 0.571. The lowest BCUT2D eigenvalue weighted by Gasteiger charge is -2.39. The average molecular weight is 289 g/mol. The summed E-state index contributed by atoms with van der Waals surface area (Å²) in [6.07, 6.45) is 2.06. The minimum Gasteiger partial charge on any atom is -0.389 e. The van der Waals surface area contributed by atoms with Gasteiger partial charge in [-0.1, -0.05) is 29.3 Å². The maximum atomic E-state index is 10.7. The van der Waals surface area contributed by atoms with Crippen LogP contribution in [-0.2, 0) is 11.2 Å². The van der Waals surface area contributed by atoms with E-state index in [2.05, 4.69) is 0 Å². The molecule has 2 unspecified atom stereocenters. The van der Waals surface area contributed by atoms with E-state index in [1.165, 1.54) is 0 Å². The summed E-state index contributed by atoms with van der Waals surface area (Å²) in [5.74, 6) is 0. The van der Waals surface area contributed by atoms with E-state index in [-0.39, 0.29) is 12.2 Å². The van der Waals surface area contributed by atoms with Crippen LogP contribution in [0.25, 0.3) is 0 Å². The number of benzene rings is 1. The molecule has 1 saturated heterocycles. The summed E-state index contributed by atoms with van der Waals surface area (Å²) in [4.78, 5) is 0. The molecule has 0 saturated carbocycles. The predicted molar refractivity (Wildman–Crippen MR) is 74.4 cm³/mol. The normalized spacial score (nSPS) is 32.5. The van der Waals surface area contributed by atoms with Gasteiger partial charge in [-0.25, -0.2) is 0 Å². The van der Waals surface area contributed by atoms with Gasteiger partial charge in [-0.2, -0.15) is 0 Å². The number of hydrogen-bond acceptors (Lipinski definition) is 2. The van der Waals surface area contributed by atoms with E-state index in [1.807, 2.05) is 26.0 Å². The van der Waals surface area contributed by atoms with E-state index in [9.17, 15) is 5.11 Å². The summed E-state index contributed by atoms with van der Waals surface area (Å²) in [6.45, 7) is 3.99. The minimum atomic E-state index is -0.714. The first-order valence-corrected chi connectivity index (χ1v) is 6.95. The zero-order valence-electron chi connectivity index (χ0n) is 10.6. The summed E-state index contributed by atoms with van der Waals surface area (Å²) in [5, 5.41) is 11.7. The van der Waals surface area contributed by atoms with Crippen LogP contribution in [0.1, 0.15) is 32.3 Å². The number of halogens is 2. The minimum absolute atomic E-state index is 0.0847. The molecule has 1 aromatic rings. The van der Waals surface area contributed by atoms with Gasteiger partial charge < -0.3 is 9.84 Å². The van der Waals surface area contributed by atoms with Crippen molar-refractivity contribution >= 4 is 23.2 Å². The van der Waals surface area contributed by atoms with Crippen LogP contribution in [0, 0.1) is 0 Å². The molecule has 0 amide bonds. The molecule has 2 atom stereocenters. The summed E-state index contributed by atoms with van der Waals surface area (Å²) in [6, 6.07) is 5.51. The zero-order chi connectivity index (χ0) is 13.3. The fourth-order valence-electron chi connectivity index (χ4n) is 2.82. The molecule has 1 fully saturated rings. The van der Waals surface area contributed by atoms with E-state index < -0.39 is 5.60 Å². The second-order valence-corrected chi connectivity index (χ2v) is 6.13. The fourth-order valence-corrected chi connectivity index (χ4v) is 3.14. The van der Waals surface area contributed by atoms with E-state index >= 15 is 0 Å². The van der Waals surface area contributed by atoms with E-state index in [1.54, 1.807) is 6.07 Å². The maximum Gasteiger partial charge on any atom is 0.0737 e. The summed E-state index contributed by atoms with van der Waals surface area (Å²) in [7, 11) is 0. The van der Waals surface area contributed by atoms with Gasteiger partial charge in [-0.3, -0.25) is 0 Å². The van der Waals surface area contributed by atoms with Crippen molar-refractivity contribution < 1.29 is 9.84 Å². The molecular formula is C14H18Cl2O2. The standard InChI is InChI=1S/C14H18Cl2O2/c1-9-6-14(17,7-10(2)18-9)8-11-3-4-12(15)13(16)5-11/h3-5,9-10,17H,6-8H2,1-2H3. The van der Waals surface area contributed by atoms with Crippen LogP contribution in [0.3, 0.4) is 0 Å². The van der Waals surface area contributed by atoms with E-state index in [4.69, 9.17) is 27.9 Å². The van der Waals surface area contributed by atoms with E-state index in [0.29, 0.717) is 29.3 Å². The molecular weight excluding hydrogens is 271 g/mol. The van der Waals surface area contributed by atoms with E-state index in [0.717, 1.165) is 5.56 Å². The van der Waals surface area contributed by atoms with Crippen molar-refractivity contribution in [3.8, 4) is 0 Å². The van der Waals surface area contributed by atoms with Crippen molar-refractivity contribution in [1.82, 2.24) is 0 Å². The first kappa shape index (κ1) is 14.1. The van der Waals surface area contributed by atoms with Crippen LogP contribution >= 0.6 is 23.2 Å². The van der Waals surface area contributed by atoms with Crippen molar-refractivity contribution in [1.29, 1.82) is 0 Å².